The number of aryl methyl sites for hydroxylation is 2. The minimum absolute atomic E-state index is 0.142. The molecule has 3 heteroatoms. The van der Waals surface area contributed by atoms with Crippen molar-refractivity contribution in [1.29, 1.82) is 0 Å². The highest BCUT2D eigenvalue weighted by molar-refractivity contribution is 5.29. The maximum absolute atomic E-state index is 10.4. The van der Waals surface area contributed by atoms with Crippen molar-refractivity contribution in [3.8, 4) is 0 Å². The van der Waals surface area contributed by atoms with Gasteiger partial charge in [0.15, 0.2) is 0 Å². The van der Waals surface area contributed by atoms with E-state index in [2.05, 4.69) is 38.0 Å². The van der Waals surface area contributed by atoms with Gasteiger partial charge in [0.05, 0.1) is 11.8 Å². The van der Waals surface area contributed by atoms with Gasteiger partial charge in [-0.1, -0.05) is 45.0 Å². The molecule has 108 valence electrons. The molecule has 1 unspecified atom stereocenters. The number of hydrogen-bond acceptors (Lipinski definition) is 2. The number of aliphatic hydroxyl groups is 1. The number of aromatic nitrogens is 2. The van der Waals surface area contributed by atoms with Gasteiger partial charge in [-0.2, -0.15) is 5.10 Å². The van der Waals surface area contributed by atoms with Gasteiger partial charge >= 0.3 is 0 Å². The highest BCUT2D eigenvalue weighted by Gasteiger charge is 2.15. The average molecular weight is 272 g/mol. The van der Waals surface area contributed by atoms with E-state index in [1.54, 1.807) is 0 Å². The first-order chi connectivity index (χ1) is 9.27. The first kappa shape index (κ1) is 14.8. The van der Waals surface area contributed by atoms with Crippen LogP contribution in [0, 0.1) is 6.92 Å². The lowest BCUT2D eigenvalue weighted by Crippen LogP contribution is -2.11. The van der Waals surface area contributed by atoms with Crippen LogP contribution in [-0.2, 0) is 18.9 Å². The predicted molar refractivity (Wildman–Crippen MR) is 81.8 cm³/mol. The summed E-state index contributed by atoms with van der Waals surface area (Å²) in [7, 11) is 1.91. The average Bonchev–Trinajstić information content (AvgIpc) is 2.67. The van der Waals surface area contributed by atoms with E-state index in [9.17, 15) is 5.11 Å². The second-order valence-electron chi connectivity index (χ2n) is 6.49. The summed E-state index contributed by atoms with van der Waals surface area (Å²) < 4.78 is 1.84. The Balaban J connectivity index is 2.13. The van der Waals surface area contributed by atoms with Crippen LogP contribution in [0.15, 0.2) is 30.3 Å². The first-order valence-electron chi connectivity index (χ1n) is 7.05. The molecule has 1 aromatic heterocycles. The summed E-state index contributed by atoms with van der Waals surface area (Å²) >= 11 is 0. The molecule has 0 aliphatic carbocycles. The normalized spacial score (nSPS) is 13.5. The van der Waals surface area contributed by atoms with E-state index in [0.717, 1.165) is 17.0 Å². The molecular weight excluding hydrogens is 248 g/mol. The SMILES string of the molecule is Cc1cc(CC(O)c2ccc(C(C)(C)C)cc2)n(C)n1. The van der Waals surface area contributed by atoms with Crippen molar-refractivity contribution in [3.05, 3.63) is 52.8 Å². The van der Waals surface area contributed by atoms with Gasteiger partial charge in [0.2, 0.25) is 0 Å². The molecule has 3 nitrogen and oxygen atoms in total. The summed E-state index contributed by atoms with van der Waals surface area (Å²) in [5, 5.41) is 14.7. The molecule has 20 heavy (non-hydrogen) atoms. The third-order valence-corrected chi connectivity index (χ3v) is 3.66. The van der Waals surface area contributed by atoms with Gasteiger partial charge in [-0.15, -0.1) is 0 Å². The Bertz CT molecular complexity index is 576. The van der Waals surface area contributed by atoms with Gasteiger partial charge in [-0.3, -0.25) is 4.68 Å². The predicted octanol–water partition coefficient (Wildman–Crippen LogP) is 3.30. The van der Waals surface area contributed by atoms with E-state index in [1.807, 2.05) is 36.9 Å². The largest absolute Gasteiger partial charge is 0.388 e. The Kier molecular flexibility index (Phi) is 4.00. The van der Waals surface area contributed by atoms with Crippen molar-refractivity contribution in [1.82, 2.24) is 9.78 Å². The third kappa shape index (κ3) is 3.28. The lowest BCUT2D eigenvalue weighted by atomic mass is 9.86. The fraction of sp³-hybridized carbons (Fsp3) is 0.471. The highest BCUT2D eigenvalue weighted by Crippen LogP contribution is 2.25. The van der Waals surface area contributed by atoms with E-state index < -0.39 is 6.10 Å². The molecule has 0 bridgehead atoms. The lowest BCUT2D eigenvalue weighted by molar-refractivity contribution is 0.175. The van der Waals surface area contributed by atoms with Crippen molar-refractivity contribution in [2.24, 2.45) is 7.05 Å². The standard InChI is InChI=1S/C17H24N2O/c1-12-10-15(19(5)18-12)11-16(20)13-6-8-14(9-7-13)17(2,3)4/h6-10,16,20H,11H2,1-5H3. The Labute approximate surface area is 121 Å². The minimum Gasteiger partial charge on any atom is -0.388 e. The fourth-order valence-electron chi connectivity index (χ4n) is 2.38. The summed E-state index contributed by atoms with van der Waals surface area (Å²) in [5.74, 6) is 0. The van der Waals surface area contributed by atoms with E-state index in [0.29, 0.717) is 6.42 Å². The molecule has 0 saturated carbocycles. The highest BCUT2D eigenvalue weighted by atomic mass is 16.3. The monoisotopic (exact) mass is 272 g/mol. The van der Waals surface area contributed by atoms with Crippen LogP contribution in [0.1, 0.15) is 49.4 Å². The number of hydrogen-bond donors (Lipinski definition) is 1. The van der Waals surface area contributed by atoms with Crippen LogP contribution < -0.4 is 0 Å². The molecule has 0 aliphatic heterocycles. The Hall–Kier alpha value is -1.61. The molecule has 0 spiro atoms. The topological polar surface area (TPSA) is 38.0 Å². The summed E-state index contributed by atoms with van der Waals surface area (Å²) in [4.78, 5) is 0. The van der Waals surface area contributed by atoms with Crippen molar-refractivity contribution in [2.75, 3.05) is 0 Å². The molecule has 0 fully saturated rings. The number of benzene rings is 1. The summed E-state index contributed by atoms with van der Waals surface area (Å²) in [5.41, 5.74) is 4.41. The van der Waals surface area contributed by atoms with Gasteiger partial charge in [0.1, 0.15) is 0 Å². The van der Waals surface area contributed by atoms with E-state index in [4.69, 9.17) is 0 Å². The molecule has 1 N–H and O–H groups in total. The molecule has 1 heterocycles. The van der Waals surface area contributed by atoms with Crippen LogP contribution in [0.4, 0.5) is 0 Å². The Morgan fingerprint density at radius 3 is 2.25 bits per heavy atom. The van der Waals surface area contributed by atoms with Crippen LogP contribution in [0.25, 0.3) is 0 Å². The number of nitrogens with zero attached hydrogens (tertiary/aromatic N) is 2. The van der Waals surface area contributed by atoms with Crippen LogP contribution in [0.2, 0.25) is 0 Å². The van der Waals surface area contributed by atoms with Crippen LogP contribution >= 0.6 is 0 Å². The number of aliphatic hydroxyl groups excluding tert-OH is 1. The molecule has 0 aliphatic rings. The van der Waals surface area contributed by atoms with Gasteiger partial charge in [-0.25, -0.2) is 0 Å². The zero-order valence-corrected chi connectivity index (χ0v) is 13.0. The summed E-state index contributed by atoms with van der Waals surface area (Å²) in [6.45, 7) is 8.54. The molecule has 1 aromatic carbocycles. The Morgan fingerprint density at radius 1 is 1.20 bits per heavy atom. The van der Waals surface area contributed by atoms with Crippen molar-refractivity contribution in [2.45, 2.75) is 45.6 Å². The maximum atomic E-state index is 10.4. The Morgan fingerprint density at radius 2 is 1.80 bits per heavy atom. The van der Waals surface area contributed by atoms with Crippen molar-refractivity contribution < 1.29 is 5.11 Å². The van der Waals surface area contributed by atoms with Gasteiger partial charge in [-0.05, 0) is 29.5 Å². The number of rotatable bonds is 3. The van der Waals surface area contributed by atoms with Crippen molar-refractivity contribution in [3.63, 3.8) is 0 Å². The van der Waals surface area contributed by atoms with E-state index in [1.165, 1.54) is 5.56 Å². The van der Waals surface area contributed by atoms with Crippen molar-refractivity contribution >= 4 is 0 Å². The van der Waals surface area contributed by atoms with E-state index >= 15 is 0 Å². The van der Waals surface area contributed by atoms with Gasteiger partial charge in [0, 0.05) is 19.2 Å². The molecule has 0 radical (unpaired) electrons. The molecule has 0 saturated heterocycles. The summed E-state index contributed by atoms with van der Waals surface area (Å²) in [6, 6.07) is 10.3. The zero-order chi connectivity index (χ0) is 14.9. The smallest absolute Gasteiger partial charge is 0.0845 e. The van der Waals surface area contributed by atoms with Crippen LogP contribution in [0.5, 0.6) is 0 Å². The second kappa shape index (κ2) is 5.41. The zero-order valence-electron chi connectivity index (χ0n) is 13.0. The fourth-order valence-corrected chi connectivity index (χ4v) is 2.38. The minimum atomic E-state index is -0.487. The molecular formula is C17H24N2O. The van der Waals surface area contributed by atoms with Gasteiger partial charge < -0.3 is 5.11 Å². The molecule has 1 atom stereocenters. The van der Waals surface area contributed by atoms with Gasteiger partial charge in [0.25, 0.3) is 0 Å². The molecule has 0 amide bonds. The van der Waals surface area contributed by atoms with E-state index in [-0.39, 0.29) is 5.41 Å². The molecule has 2 aromatic rings. The van der Waals surface area contributed by atoms with Crippen LogP contribution in [-0.4, -0.2) is 14.9 Å². The lowest BCUT2D eigenvalue weighted by Gasteiger charge is -2.20. The maximum Gasteiger partial charge on any atom is 0.0845 e. The quantitative estimate of drug-likeness (QED) is 0.931. The molecule has 2 rings (SSSR count). The third-order valence-electron chi connectivity index (χ3n) is 3.66. The second-order valence-corrected chi connectivity index (χ2v) is 6.49. The van der Waals surface area contributed by atoms with Crippen LogP contribution in [0.3, 0.4) is 0 Å². The summed E-state index contributed by atoms with van der Waals surface area (Å²) in [6.07, 6.45) is 0.102. The first-order valence-corrected chi connectivity index (χ1v) is 7.05.